The van der Waals surface area contributed by atoms with E-state index < -0.39 is 11.9 Å². The van der Waals surface area contributed by atoms with Crippen LogP contribution in [0.25, 0.3) is 10.9 Å². The lowest BCUT2D eigenvalue weighted by Gasteiger charge is -2.15. The number of ether oxygens (including phenoxy) is 2. The van der Waals surface area contributed by atoms with Gasteiger partial charge in [-0.25, -0.2) is 4.79 Å². The van der Waals surface area contributed by atoms with E-state index in [4.69, 9.17) is 38.4 Å². The van der Waals surface area contributed by atoms with Crippen LogP contribution >= 0.6 is 23.2 Å². The number of nitrogens with two attached hydrogens (primary N) is 1. The Balaban J connectivity index is 1.30. The van der Waals surface area contributed by atoms with Crippen LogP contribution < -0.4 is 25.8 Å². The van der Waals surface area contributed by atoms with Gasteiger partial charge in [0.2, 0.25) is 0 Å². The number of halogens is 2. The molecule has 5 rings (SSSR count). The second-order valence-electron chi connectivity index (χ2n) is 11.6. The largest absolute Gasteiger partial charge is 0.493 e. The molecule has 0 saturated carbocycles. The Hall–Kier alpha value is -4.87. The van der Waals surface area contributed by atoms with Crippen molar-refractivity contribution in [2.45, 2.75) is 46.0 Å². The molecule has 11 nitrogen and oxygen atoms in total. The second kappa shape index (κ2) is 13.6. The number of aromatic nitrogens is 4. The molecule has 238 valence electrons. The van der Waals surface area contributed by atoms with Crippen molar-refractivity contribution in [1.29, 1.82) is 0 Å². The summed E-state index contributed by atoms with van der Waals surface area (Å²) in [5.41, 5.74) is 9.69. The highest BCUT2D eigenvalue weighted by Crippen LogP contribution is 2.41. The summed E-state index contributed by atoms with van der Waals surface area (Å²) in [6.45, 7) is 8.49. The molecule has 0 fully saturated rings. The lowest BCUT2D eigenvalue weighted by molar-refractivity contribution is 0.0996. The van der Waals surface area contributed by atoms with Gasteiger partial charge < -0.3 is 20.5 Å². The summed E-state index contributed by atoms with van der Waals surface area (Å²) >= 11 is 13.1. The standard InChI is InChI=1S/C33H33Cl2N7O4/c1-18-9-11-37-17-19(18)6-5-13-45-26-15-23-20(14-21(26)31(36)43)24(10-12-38-23)46-25-8-7-22(29(34)30(25)35)39-32(44)40-28-16-27(41-42-28)33(2,3)4/h7-12,14-17H,5-6,13H2,1-4H3,(H2,36,43)(H3,39,40,41,42,44). The number of rotatable bonds is 10. The molecule has 0 aliphatic heterocycles. The van der Waals surface area contributed by atoms with Crippen LogP contribution in [0.2, 0.25) is 10.0 Å². The van der Waals surface area contributed by atoms with Gasteiger partial charge in [-0.1, -0.05) is 44.0 Å². The van der Waals surface area contributed by atoms with Crippen molar-refractivity contribution in [1.82, 2.24) is 20.2 Å². The Kier molecular flexibility index (Phi) is 9.64. The number of aromatic amines is 1. The van der Waals surface area contributed by atoms with Crippen LogP contribution in [-0.2, 0) is 11.8 Å². The van der Waals surface area contributed by atoms with Gasteiger partial charge in [0.25, 0.3) is 5.91 Å². The van der Waals surface area contributed by atoms with Crippen molar-refractivity contribution in [3.05, 3.63) is 93.5 Å². The number of nitrogens with one attached hydrogen (secondary N) is 3. The van der Waals surface area contributed by atoms with Crippen LogP contribution in [0.15, 0.2) is 61.1 Å². The number of fused-ring (bicyclic) bond motifs is 1. The summed E-state index contributed by atoms with van der Waals surface area (Å²) < 4.78 is 12.1. The quantitative estimate of drug-likeness (QED) is 0.111. The summed E-state index contributed by atoms with van der Waals surface area (Å²) in [5.74, 6) is 0.605. The number of anilines is 2. The van der Waals surface area contributed by atoms with E-state index in [1.54, 1.807) is 48.8 Å². The molecule has 0 atom stereocenters. The molecule has 5 N–H and O–H groups in total. The Morgan fingerprint density at radius 2 is 1.78 bits per heavy atom. The van der Waals surface area contributed by atoms with Gasteiger partial charge in [-0.05, 0) is 61.2 Å². The highest BCUT2D eigenvalue weighted by Gasteiger charge is 2.20. The zero-order valence-corrected chi connectivity index (χ0v) is 27.2. The maximum Gasteiger partial charge on any atom is 0.324 e. The van der Waals surface area contributed by atoms with Crippen molar-refractivity contribution in [3.8, 4) is 17.2 Å². The number of aryl methyl sites for hydroxylation is 2. The van der Waals surface area contributed by atoms with Gasteiger partial charge >= 0.3 is 6.03 Å². The van der Waals surface area contributed by atoms with Gasteiger partial charge in [0.15, 0.2) is 5.82 Å². The molecular weight excluding hydrogens is 629 g/mol. The molecule has 5 aromatic rings. The van der Waals surface area contributed by atoms with Gasteiger partial charge in [0.1, 0.15) is 22.3 Å². The fourth-order valence-corrected chi connectivity index (χ4v) is 5.02. The monoisotopic (exact) mass is 661 g/mol. The summed E-state index contributed by atoms with van der Waals surface area (Å²) in [4.78, 5) is 33.6. The Bertz CT molecular complexity index is 1920. The molecular formula is C33H33Cl2N7O4. The number of benzene rings is 2. The average molecular weight is 663 g/mol. The zero-order chi connectivity index (χ0) is 33.0. The van der Waals surface area contributed by atoms with Crippen LogP contribution in [0.1, 0.15) is 54.4 Å². The van der Waals surface area contributed by atoms with E-state index in [0.717, 1.165) is 23.2 Å². The third kappa shape index (κ3) is 7.49. The molecule has 3 heterocycles. The molecule has 3 aromatic heterocycles. The van der Waals surface area contributed by atoms with E-state index in [2.05, 4.69) is 30.8 Å². The molecule has 0 unspecified atom stereocenters. The predicted octanol–water partition coefficient (Wildman–Crippen LogP) is 7.81. The molecule has 46 heavy (non-hydrogen) atoms. The van der Waals surface area contributed by atoms with Gasteiger partial charge in [-0.15, -0.1) is 0 Å². The predicted molar refractivity (Wildman–Crippen MR) is 180 cm³/mol. The van der Waals surface area contributed by atoms with E-state index in [1.165, 1.54) is 0 Å². The number of hydrogen-bond acceptors (Lipinski definition) is 7. The first kappa shape index (κ1) is 32.5. The van der Waals surface area contributed by atoms with Crippen LogP contribution in [0.4, 0.5) is 16.3 Å². The molecule has 0 aliphatic carbocycles. The minimum absolute atomic E-state index is 0.0677. The average Bonchev–Trinajstić information content (AvgIpc) is 3.49. The zero-order valence-electron chi connectivity index (χ0n) is 25.7. The van der Waals surface area contributed by atoms with Crippen molar-refractivity contribution in [2.24, 2.45) is 5.73 Å². The first-order valence-electron chi connectivity index (χ1n) is 14.5. The number of carbonyl (C=O) groups excluding carboxylic acids is 2. The van der Waals surface area contributed by atoms with Crippen molar-refractivity contribution in [2.75, 3.05) is 17.2 Å². The normalized spacial score (nSPS) is 11.3. The fourth-order valence-electron chi connectivity index (χ4n) is 4.62. The molecule has 0 bridgehead atoms. The number of amides is 3. The maximum absolute atomic E-state index is 12.6. The number of nitrogens with zero attached hydrogens (tertiary/aromatic N) is 3. The lowest BCUT2D eigenvalue weighted by Crippen LogP contribution is -2.20. The van der Waals surface area contributed by atoms with Crippen LogP contribution in [-0.4, -0.2) is 38.7 Å². The second-order valence-corrected chi connectivity index (χ2v) is 12.4. The number of primary amides is 1. The molecule has 2 aromatic carbocycles. The first-order chi connectivity index (χ1) is 21.9. The van der Waals surface area contributed by atoms with E-state index in [1.807, 2.05) is 40.0 Å². The van der Waals surface area contributed by atoms with Crippen LogP contribution in [0.3, 0.4) is 0 Å². The van der Waals surface area contributed by atoms with E-state index in [0.29, 0.717) is 41.2 Å². The van der Waals surface area contributed by atoms with Gasteiger partial charge in [0, 0.05) is 47.2 Å². The fraction of sp³-hybridized carbons (Fsp3) is 0.242. The van der Waals surface area contributed by atoms with Crippen molar-refractivity contribution >= 4 is 57.5 Å². The van der Waals surface area contributed by atoms with Gasteiger partial charge in [0.05, 0.1) is 28.4 Å². The van der Waals surface area contributed by atoms with E-state index >= 15 is 0 Å². The number of carbonyl (C=O) groups is 2. The Morgan fingerprint density at radius 1 is 0.978 bits per heavy atom. The molecule has 0 spiro atoms. The van der Waals surface area contributed by atoms with E-state index in [-0.39, 0.29) is 32.5 Å². The number of pyridine rings is 2. The highest BCUT2D eigenvalue weighted by molar-refractivity contribution is 6.45. The first-order valence-corrected chi connectivity index (χ1v) is 15.2. The summed E-state index contributed by atoms with van der Waals surface area (Å²) in [6, 6.07) is 11.2. The molecule has 0 saturated heterocycles. The highest BCUT2D eigenvalue weighted by atomic mass is 35.5. The number of H-pyrrole nitrogens is 1. The number of hydrogen-bond donors (Lipinski definition) is 4. The van der Waals surface area contributed by atoms with Gasteiger partial charge in [-0.3, -0.25) is 25.2 Å². The molecule has 0 aliphatic rings. The minimum atomic E-state index is -0.658. The molecule has 3 amide bonds. The maximum atomic E-state index is 12.6. The van der Waals surface area contributed by atoms with E-state index in [9.17, 15) is 9.59 Å². The van der Waals surface area contributed by atoms with Crippen molar-refractivity contribution < 1.29 is 19.1 Å². The van der Waals surface area contributed by atoms with Crippen molar-refractivity contribution in [3.63, 3.8) is 0 Å². The van der Waals surface area contributed by atoms with Gasteiger partial charge in [-0.2, -0.15) is 5.10 Å². The Labute approximate surface area is 275 Å². The third-order valence-electron chi connectivity index (χ3n) is 7.21. The summed E-state index contributed by atoms with van der Waals surface area (Å²) in [5, 5.41) is 13.0. The molecule has 13 heteroatoms. The topological polar surface area (TPSA) is 157 Å². The van der Waals surface area contributed by atoms with Crippen LogP contribution in [0.5, 0.6) is 17.2 Å². The molecule has 0 radical (unpaired) electrons. The third-order valence-corrected chi connectivity index (χ3v) is 8.07. The minimum Gasteiger partial charge on any atom is -0.493 e. The summed E-state index contributed by atoms with van der Waals surface area (Å²) in [6.07, 6.45) is 6.66. The van der Waals surface area contributed by atoms with Crippen LogP contribution in [0, 0.1) is 6.92 Å². The Morgan fingerprint density at radius 3 is 2.50 bits per heavy atom. The summed E-state index contributed by atoms with van der Waals surface area (Å²) in [7, 11) is 0. The SMILES string of the molecule is Cc1ccncc1CCCOc1cc2nccc(Oc3ccc(NC(=O)Nc4cc(C(C)(C)C)[nH]n4)c(Cl)c3Cl)c2cc1C(N)=O. The smallest absolute Gasteiger partial charge is 0.324 e. The number of urea groups is 1. The lowest BCUT2D eigenvalue weighted by atomic mass is 9.92.